The molecule has 10 nitrogen and oxygen atoms in total. The van der Waals surface area contributed by atoms with Crippen molar-refractivity contribution in [3.05, 3.63) is 69.8 Å². The highest BCUT2D eigenvalue weighted by Gasteiger charge is 2.44. The first kappa shape index (κ1) is 31.7. The molecule has 1 aliphatic heterocycles. The number of nitrogens with zero attached hydrogens (tertiary/aromatic N) is 3. The fourth-order valence-electron chi connectivity index (χ4n) is 6.50. The molecular formula is C33H43N7O3. The molecule has 2 atom stereocenters. The van der Waals surface area contributed by atoms with Gasteiger partial charge in [0.25, 0.3) is 11.8 Å². The van der Waals surface area contributed by atoms with Crippen LogP contribution in [0, 0.1) is 11.3 Å². The third-order valence-electron chi connectivity index (χ3n) is 8.54. The molecule has 1 saturated heterocycles. The lowest BCUT2D eigenvalue weighted by molar-refractivity contribution is -0.130. The highest BCUT2D eigenvalue weighted by Crippen LogP contribution is 2.44. The Morgan fingerprint density at radius 3 is 2.07 bits per heavy atom. The molecule has 1 aliphatic carbocycles. The highest BCUT2D eigenvalue weighted by atomic mass is 16.2. The zero-order valence-corrected chi connectivity index (χ0v) is 25.8. The quantitative estimate of drug-likeness (QED) is 0.262. The van der Waals surface area contributed by atoms with Gasteiger partial charge in [-0.1, -0.05) is 12.1 Å². The first-order valence-corrected chi connectivity index (χ1v) is 15.0. The van der Waals surface area contributed by atoms with Crippen LogP contribution in [0.25, 0.3) is 0 Å². The molecule has 228 valence electrons. The second-order valence-electron chi connectivity index (χ2n) is 11.8. The molecular weight excluding hydrogens is 542 g/mol. The number of fused-ring (bicyclic) bond motifs is 2. The molecule has 2 aliphatic rings. The predicted octanol–water partition coefficient (Wildman–Crippen LogP) is 2.44. The van der Waals surface area contributed by atoms with Crippen LogP contribution in [0.5, 0.6) is 0 Å². The van der Waals surface area contributed by atoms with Crippen molar-refractivity contribution in [1.29, 1.82) is 5.26 Å². The number of nitrogens with one attached hydrogen (secondary N) is 3. The lowest BCUT2D eigenvalue weighted by Gasteiger charge is -2.39. The second kappa shape index (κ2) is 13.4. The van der Waals surface area contributed by atoms with Gasteiger partial charge in [0.15, 0.2) is 0 Å². The normalized spacial score (nSPS) is 18.2. The topological polar surface area (TPSA) is 153 Å². The number of hydrogen-bond donors (Lipinski definition) is 4. The number of hydrogen-bond acceptors (Lipinski definition) is 6. The summed E-state index contributed by atoms with van der Waals surface area (Å²) in [6, 6.07) is 13.0. The summed E-state index contributed by atoms with van der Waals surface area (Å²) in [6.07, 6.45) is 3.29. The Labute approximate surface area is 254 Å². The van der Waals surface area contributed by atoms with E-state index in [4.69, 9.17) is 10.7 Å². The van der Waals surface area contributed by atoms with Crippen LogP contribution in [0.1, 0.15) is 83.0 Å². The zero-order chi connectivity index (χ0) is 31.3. The highest BCUT2D eigenvalue weighted by molar-refractivity contribution is 5.99. The number of rotatable bonds is 9. The van der Waals surface area contributed by atoms with Crippen molar-refractivity contribution in [3.63, 3.8) is 0 Å². The average molecular weight is 586 g/mol. The van der Waals surface area contributed by atoms with Crippen LogP contribution in [0.2, 0.25) is 0 Å². The SMILES string of the molecule is CNC(=O)c1ccc2c(c1)CCc1cc(C(=O)NC)ccc1C2(C[C@H](C)NCC(=O)N1CCC[C@H]1C#N)C(N)=NC(C)C. The van der Waals surface area contributed by atoms with Gasteiger partial charge < -0.3 is 26.6 Å². The van der Waals surface area contributed by atoms with Gasteiger partial charge in [0.1, 0.15) is 11.9 Å². The van der Waals surface area contributed by atoms with Gasteiger partial charge in [0.05, 0.1) is 18.0 Å². The van der Waals surface area contributed by atoms with E-state index in [2.05, 4.69) is 22.0 Å². The molecule has 1 fully saturated rings. The molecule has 0 bridgehead atoms. The molecule has 2 aromatic carbocycles. The van der Waals surface area contributed by atoms with Gasteiger partial charge in [-0.05, 0) is 99.4 Å². The van der Waals surface area contributed by atoms with Crippen LogP contribution < -0.4 is 21.7 Å². The van der Waals surface area contributed by atoms with Gasteiger partial charge in [-0.2, -0.15) is 5.26 Å². The van der Waals surface area contributed by atoms with Gasteiger partial charge in [0, 0.05) is 43.9 Å². The van der Waals surface area contributed by atoms with E-state index in [-0.39, 0.29) is 42.4 Å². The largest absolute Gasteiger partial charge is 0.386 e. The lowest BCUT2D eigenvalue weighted by atomic mass is 9.67. The van der Waals surface area contributed by atoms with Crippen molar-refractivity contribution in [1.82, 2.24) is 20.9 Å². The molecule has 0 spiro atoms. The molecule has 10 heteroatoms. The van der Waals surface area contributed by atoms with Crippen LogP contribution in [-0.4, -0.2) is 73.8 Å². The van der Waals surface area contributed by atoms with Crippen LogP contribution in [0.4, 0.5) is 0 Å². The Morgan fingerprint density at radius 2 is 1.58 bits per heavy atom. The third kappa shape index (κ3) is 6.42. The number of aryl methyl sites for hydroxylation is 2. The fourth-order valence-corrected chi connectivity index (χ4v) is 6.50. The minimum Gasteiger partial charge on any atom is -0.386 e. The number of likely N-dealkylation sites (tertiary alicyclic amines) is 1. The van der Waals surface area contributed by atoms with Crippen molar-refractivity contribution in [2.45, 2.75) is 76.4 Å². The Balaban J connectivity index is 1.84. The Bertz CT molecular complexity index is 1390. The first-order chi connectivity index (χ1) is 20.5. The number of nitriles is 1. The van der Waals surface area contributed by atoms with Gasteiger partial charge in [0.2, 0.25) is 5.91 Å². The van der Waals surface area contributed by atoms with Gasteiger partial charge in [-0.15, -0.1) is 0 Å². The van der Waals surface area contributed by atoms with Crippen molar-refractivity contribution in [2.75, 3.05) is 27.2 Å². The molecule has 0 saturated carbocycles. The summed E-state index contributed by atoms with van der Waals surface area (Å²) in [5.74, 6) is -0.00346. The maximum Gasteiger partial charge on any atom is 0.251 e. The number of carbonyl (C=O) groups is 3. The van der Waals surface area contributed by atoms with Crippen molar-refractivity contribution in [3.8, 4) is 6.07 Å². The average Bonchev–Trinajstić information content (AvgIpc) is 3.44. The Kier molecular flexibility index (Phi) is 9.87. The summed E-state index contributed by atoms with van der Waals surface area (Å²) in [5, 5.41) is 18.3. The molecule has 0 radical (unpaired) electrons. The van der Waals surface area contributed by atoms with Crippen LogP contribution in [0.15, 0.2) is 41.4 Å². The number of carbonyl (C=O) groups excluding carboxylic acids is 3. The third-order valence-corrected chi connectivity index (χ3v) is 8.54. The number of nitrogens with two attached hydrogens (primary N) is 1. The van der Waals surface area contributed by atoms with E-state index in [0.29, 0.717) is 49.2 Å². The standard InChI is InChI=1S/C33H43N7O3/c1-20(2)39-32(35)33(17-21(3)38-19-29(41)40-14-6-7-26(40)18-34)27-12-10-24(30(42)36-4)15-22(27)8-9-23-16-25(31(43)37-5)11-13-28(23)33/h10-13,15-16,20-21,26,38H,6-9,14,17,19H2,1-5H3,(H2,35,39)(H,36,42)(H,37,43)/t21-,26-/m0/s1. The van der Waals surface area contributed by atoms with Crippen molar-refractivity contribution >= 4 is 23.6 Å². The summed E-state index contributed by atoms with van der Waals surface area (Å²) in [6.45, 7) is 6.66. The molecule has 0 unspecified atom stereocenters. The van der Waals surface area contributed by atoms with E-state index in [1.807, 2.05) is 57.2 Å². The molecule has 1 heterocycles. The fraction of sp³-hybridized carbons (Fsp3) is 0.485. The van der Waals surface area contributed by atoms with E-state index in [1.165, 1.54) is 0 Å². The van der Waals surface area contributed by atoms with E-state index in [1.54, 1.807) is 19.0 Å². The molecule has 3 amide bonds. The second-order valence-corrected chi connectivity index (χ2v) is 11.8. The summed E-state index contributed by atoms with van der Waals surface area (Å²) in [5.41, 5.74) is 11.1. The Hall–Kier alpha value is -4.23. The smallest absolute Gasteiger partial charge is 0.251 e. The number of aliphatic imine (C=N–C) groups is 1. The van der Waals surface area contributed by atoms with Gasteiger partial charge >= 0.3 is 0 Å². The molecule has 4 rings (SSSR count). The van der Waals surface area contributed by atoms with Crippen molar-refractivity contribution in [2.24, 2.45) is 10.7 Å². The minimum absolute atomic E-state index is 0.0785. The Morgan fingerprint density at radius 1 is 1.02 bits per heavy atom. The summed E-state index contributed by atoms with van der Waals surface area (Å²) < 4.78 is 0. The zero-order valence-electron chi connectivity index (χ0n) is 25.8. The maximum absolute atomic E-state index is 13.1. The van der Waals surface area contributed by atoms with Gasteiger partial charge in [-0.25, -0.2) is 0 Å². The first-order valence-electron chi connectivity index (χ1n) is 15.0. The monoisotopic (exact) mass is 585 g/mol. The van der Waals surface area contributed by atoms with E-state index < -0.39 is 5.41 Å². The van der Waals surface area contributed by atoms with E-state index >= 15 is 0 Å². The summed E-state index contributed by atoms with van der Waals surface area (Å²) in [7, 11) is 3.22. The maximum atomic E-state index is 13.1. The van der Waals surface area contributed by atoms with Crippen LogP contribution in [-0.2, 0) is 23.1 Å². The molecule has 5 N–H and O–H groups in total. The molecule has 2 aromatic rings. The van der Waals surface area contributed by atoms with E-state index in [0.717, 1.165) is 28.7 Å². The molecule has 0 aromatic heterocycles. The van der Waals surface area contributed by atoms with Crippen LogP contribution >= 0.6 is 0 Å². The summed E-state index contributed by atoms with van der Waals surface area (Å²) >= 11 is 0. The van der Waals surface area contributed by atoms with Gasteiger partial charge in [-0.3, -0.25) is 19.4 Å². The number of amides is 3. The van der Waals surface area contributed by atoms with Crippen LogP contribution in [0.3, 0.4) is 0 Å². The van der Waals surface area contributed by atoms with Crippen molar-refractivity contribution < 1.29 is 14.4 Å². The minimum atomic E-state index is -0.897. The predicted molar refractivity (Wildman–Crippen MR) is 167 cm³/mol. The summed E-state index contributed by atoms with van der Waals surface area (Å²) in [4.78, 5) is 44.8. The molecule has 43 heavy (non-hydrogen) atoms. The number of amidine groups is 1. The van der Waals surface area contributed by atoms with E-state index in [9.17, 15) is 19.6 Å². The number of benzene rings is 2. The lowest BCUT2D eigenvalue weighted by Crippen LogP contribution is -2.49.